The van der Waals surface area contributed by atoms with Gasteiger partial charge in [-0.2, -0.15) is 0 Å². The maximum Gasteiger partial charge on any atom is 0.194 e. The Balaban J connectivity index is 2.59. The normalized spacial score (nSPS) is 10.6. The summed E-state index contributed by atoms with van der Waals surface area (Å²) in [7, 11) is 0. The molecule has 0 unspecified atom stereocenters. The largest absolute Gasteiger partial charge is 0.289 e. The topological polar surface area (TPSA) is 17.1 Å². The molecule has 98 valence electrons. The van der Waals surface area contributed by atoms with Gasteiger partial charge in [0.05, 0.1) is 0 Å². The van der Waals surface area contributed by atoms with Crippen LogP contribution in [0.25, 0.3) is 0 Å². The number of aryl methyl sites for hydroxylation is 2. The van der Waals surface area contributed by atoms with E-state index in [-0.39, 0.29) is 11.6 Å². The van der Waals surface area contributed by atoms with E-state index in [4.69, 9.17) is 11.6 Å². The molecule has 1 nitrogen and oxygen atoms in total. The van der Waals surface area contributed by atoms with E-state index >= 15 is 0 Å². The minimum Gasteiger partial charge on any atom is -0.289 e. The molecule has 0 saturated carbocycles. The van der Waals surface area contributed by atoms with Gasteiger partial charge in [0.1, 0.15) is 5.82 Å². The quantitative estimate of drug-likeness (QED) is 0.526. The smallest absolute Gasteiger partial charge is 0.194 e. The average Bonchev–Trinajstić information content (AvgIpc) is 2.30. The highest BCUT2D eigenvalue weighted by molar-refractivity contribution is 14.1. The van der Waals surface area contributed by atoms with Crippen LogP contribution in [0.5, 0.6) is 0 Å². The molecule has 0 spiro atoms. The van der Waals surface area contributed by atoms with Crippen LogP contribution >= 0.6 is 34.2 Å². The number of carbonyl (C=O) groups is 1. The van der Waals surface area contributed by atoms with Crippen molar-refractivity contribution >= 4 is 40.0 Å². The fraction of sp³-hybridized carbons (Fsp3) is 0.133. The standard InChI is InChI=1S/C15H11ClFIO/c1-8-5-11(17)6-9(2)14(8)15(19)12-7-10(16)3-4-13(12)18/h3-7H,1-2H3. The Kier molecular flexibility index (Phi) is 4.26. The van der Waals surface area contributed by atoms with E-state index in [1.165, 1.54) is 12.1 Å². The summed E-state index contributed by atoms with van der Waals surface area (Å²) in [5.74, 6) is -0.450. The van der Waals surface area contributed by atoms with Crippen molar-refractivity contribution < 1.29 is 9.18 Å². The van der Waals surface area contributed by atoms with Crippen molar-refractivity contribution in [1.82, 2.24) is 0 Å². The zero-order valence-corrected chi connectivity index (χ0v) is 13.3. The lowest BCUT2D eigenvalue weighted by Gasteiger charge is -2.10. The molecule has 0 aromatic heterocycles. The minimum atomic E-state index is -0.327. The highest BCUT2D eigenvalue weighted by Gasteiger charge is 2.18. The summed E-state index contributed by atoms with van der Waals surface area (Å²) in [4.78, 5) is 12.6. The summed E-state index contributed by atoms with van der Waals surface area (Å²) in [5, 5.41) is 0.515. The molecule has 2 aromatic carbocycles. The number of hydrogen-bond acceptors (Lipinski definition) is 1. The summed E-state index contributed by atoms with van der Waals surface area (Å²) < 4.78 is 14.1. The van der Waals surface area contributed by atoms with Crippen LogP contribution in [-0.4, -0.2) is 5.78 Å². The van der Waals surface area contributed by atoms with Gasteiger partial charge in [-0.05, 0) is 77.9 Å². The van der Waals surface area contributed by atoms with Gasteiger partial charge in [-0.15, -0.1) is 0 Å². The molecular formula is C15H11ClFIO. The molecular weight excluding hydrogens is 378 g/mol. The van der Waals surface area contributed by atoms with Crippen LogP contribution in [0.4, 0.5) is 4.39 Å². The molecule has 19 heavy (non-hydrogen) atoms. The molecule has 0 aliphatic carbocycles. The Bertz CT molecular complexity index is 644. The van der Waals surface area contributed by atoms with Crippen molar-refractivity contribution in [3.05, 3.63) is 67.0 Å². The molecule has 2 rings (SSSR count). The summed E-state index contributed by atoms with van der Waals surface area (Å²) in [6, 6.07) is 7.93. The predicted octanol–water partition coefficient (Wildman–Crippen LogP) is 4.93. The van der Waals surface area contributed by atoms with Crippen molar-refractivity contribution in [2.45, 2.75) is 13.8 Å². The summed E-state index contributed by atoms with van der Waals surface area (Å²) in [5.41, 5.74) is 2.36. The van der Waals surface area contributed by atoms with Gasteiger partial charge in [-0.3, -0.25) is 4.79 Å². The van der Waals surface area contributed by atoms with Gasteiger partial charge in [-0.25, -0.2) is 4.39 Å². The van der Waals surface area contributed by atoms with Crippen LogP contribution in [0.1, 0.15) is 27.0 Å². The predicted molar refractivity (Wildman–Crippen MR) is 83.5 cm³/mol. The zero-order valence-electron chi connectivity index (χ0n) is 10.4. The number of rotatable bonds is 2. The average molecular weight is 389 g/mol. The van der Waals surface area contributed by atoms with Crippen molar-refractivity contribution in [2.75, 3.05) is 0 Å². The Morgan fingerprint density at radius 2 is 1.74 bits per heavy atom. The van der Waals surface area contributed by atoms with Crippen molar-refractivity contribution in [2.24, 2.45) is 0 Å². The number of halogens is 3. The molecule has 4 heteroatoms. The minimum absolute atomic E-state index is 0.123. The van der Waals surface area contributed by atoms with Crippen LogP contribution in [-0.2, 0) is 0 Å². The monoisotopic (exact) mass is 388 g/mol. The Hall–Kier alpha value is -0.940. The fourth-order valence-corrected chi connectivity index (χ4v) is 2.83. The molecule has 0 aliphatic rings. The molecule has 2 aromatic rings. The van der Waals surface area contributed by atoms with Crippen LogP contribution < -0.4 is 0 Å². The zero-order chi connectivity index (χ0) is 14.2. The first kappa shape index (κ1) is 14.5. The first-order chi connectivity index (χ1) is 8.90. The third-order valence-electron chi connectivity index (χ3n) is 2.90. The second-order valence-corrected chi connectivity index (χ2v) is 5.97. The van der Waals surface area contributed by atoms with Crippen LogP contribution in [0, 0.1) is 23.2 Å². The number of ketones is 1. The molecule has 0 radical (unpaired) electrons. The maximum absolute atomic E-state index is 13.3. The Morgan fingerprint density at radius 3 is 2.32 bits per heavy atom. The molecule has 0 atom stereocenters. The number of hydrogen-bond donors (Lipinski definition) is 0. The number of benzene rings is 2. The van der Waals surface area contributed by atoms with Gasteiger partial charge in [0.15, 0.2) is 5.78 Å². The molecule has 0 amide bonds. The second kappa shape index (κ2) is 5.59. The van der Waals surface area contributed by atoms with E-state index in [9.17, 15) is 9.18 Å². The summed E-state index contributed by atoms with van der Waals surface area (Å²) in [6.45, 7) is 3.47. The molecule has 0 fully saturated rings. The van der Waals surface area contributed by atoms with Crippen molar-refractivity contribution in [1.29, 1.82) is 0 Å². The van der Waals surface area contributed by atoms with E-state index in [2.05, 4.69) is 22.6 Å². The van der Waals surface area contributed by atoms with E-state index in [1.807, 2.05) is 0 Å². The van der Waals surface area contributed by atoms with Crippen LogP contribution in [0.2, 0.25) is 5.02 Å². The third-order valence-corrected chi connectivity index (χ3v) is 4.07. The maximum atomic E-state index is 13.3. The van der Waals surface area contributed by atoms with E-state index < -0.39 is 0 Å². The van der Waals surface area contributed by atoms with Gasteiger partial charge in [-0.1, -0.05) is 11.6 Å². The first-order valence-electron chi connectivity index (χ1n) is 5.66. The van der Waals surface area contributed by atoms with Gasteiger partial charge in [0, 0.05) is 19.7 Å². The lowest BCUT2D eigenvalue weighted by atomic mass is 9.95. The van der Waals surface area contributed by atoms with Crippen molar-refractivity contribution in [3.8, 4) is 0 Å². The van der Waals surface area contributed by atoms with Crippen LogP contribution in [0.3, 0.4) is 0 Å². The van der Waals surface area contributed by atoms with E-state index in [0.29, 0.717) is 27.3 Å². The van der Waals surface area contributed by atoms with E-state index in [0.717, 1.165) is 3.57 Å². The molecule has 0 aliphatic heterocycles. The lowest BCUT2D eigenvalue weighted by molar-refractivity contribution is 0.103. The summed E-state index contributed by atoms with van der Waals surface area (Å²) >= 11 is 8.03. The Labute approximate surface area is 129 Å². The van der Waals surface area contributed by atoms with Crippen molar-refractivity contribution in [3.63, 3.8) is 0 Å². The van der Waals surface area contributed by atoms with Gasteiger partial charge in [0.25, 0.3) is 0 Å². The fourth-order valence-electron chi connectivity index (χ4n) is 2.07. The highest BCUT2D eigenvalue weighted by Crippen LogP contribution is 2.24. The highest BCUT2D eigenvalue weighted by atomic mass is 127. The first-order valence-corrected chi connectivity index (χ1v) is 7.12. The van der Waals surface area contributed by atoms with E-state index in [1.54, 1.807) is 32.0 Å². The molecule has 0 bridgehead atoms. The summed E-state index contributed by atoms with van der Waals surface area (Å²) in [6.07, 6.45) is 0. The molecule has 0 N–H and O–H groups in total. The van der Waals surface area contributed by atoms with Gasteiger partial charge >= 0.3 is 0 Å². The second-order valence-electron chi connectivity index (χ2n) is 4.37. The molecule has 0 heterocycles. The lowest BCUT2D eigenvalue weighted by Crippen LogP contribution is -2.08. The third kappa shape index (κ3) is 2.98. The van der Waals surface area contributed by atoms with Gasteiger partial charge < -0.3 is 0 Å². The van der Waals surface area contributed by atoms with Crippen LogP contribution in [0.15, 0.2) is 30.3 Å². The Morgan fingerprint density at radius 1 is 1.16 bits per heavy atom. The van der Waals surface area contributed by atoms with Gasteiger partial charge in [0.2, 0.25) is 0 Å². The molecule has 0 saturated heterocycles. The SMILES string of the molecule is Cc1cc(F)cc(C)c1C(=O)c1cc(Cl)ccc1I. The number of carbonyl (C=O) groups excluding carboxylic acids is 1.